The molecule has 10 heteroatoms. The molecule has 0 saturated carbocycles. The van der Waals surface area contributed by atoms with Gasteiger partial charge in [-0.2, -0.15) is 0 Å². The number of likely N-dealkylation sites (N-methyl/N-ethyl adjacent to an activating group) is 1. The first-order valence-corrected chi connectivity index (χ1v) is 16.1. The van der Waals surface area contributed by atoms with Gasteiger partial charge in [-0.15, -0.1) is 0 Å². The lowest BCUT2D eigenvalue weighted by molar-refractivity contribution is -0.321. The zero-order valence-corrected chi connectivity index (χ0v) is 25.8. The second-order valence-corrected chi connectivity index (χ2v) is 13.6. The van der Waals surface area contributed by atoms with Gasteiger partial charge in [-0.05, 0) is 54.6 Å². The molecule has 0 spiro atoms. The van der Waals surface area contributed by atoms with Crippen molar-refractivity contribution in [2.45, 2.75) is 69.3 Å². The lowest BCUT2D eigenvalue weighted by atomic mass is 9.79. The standard InChI is InChI=1S/C35H39N5O5/c1-20(2)34(37-31(41)23-16-25-24-11-7-12-26-30(24)22(18-36-26)17-27(25)38(3)19-23)33(43)40-28(15-21-9-5-4-6-10-21)32(42)39-14-8-13-29(39)35(40,44)45-34/h4-7,9-12,16,18,20,23,27-29,36,44H,8,13-15,17,19H2,1-3H3,(H,37,41)/t23-,27-,28+,29?,34+,35+/m1/s1. The molecule has 3 aromatic rings. The molecule has 2 aromatic carbocycles. The van der Waals surface area contributed by atoms with Crippen molar-refractivity contribution in [2.75, 3.05) is 20.1 Å². The second-order valence-electron chi connectivity index (χ2n) is 13.6. The van der Waals surface area contributed by atoms with E-state index in [1.54, 1.807) is 18.7 Å². The Kier molecular flexibility index (Phi) is 6.33. The predicted molar refractivity (Wildman–Crippen MR) is 167 cm³/mol. The average Bonchev–Trinajstić information content (AvgIpc) is 3.74. The molecule has 3 saturated heterocycles. The maximum absolute atomic E-state index is 14.6. The minimum Gasteiger partial charge on any atom is -0.361 e. The van der Waals surface area contributed by atoms with Gasteiger partial charge in [-0.1, -0.05) is 62.4 Å². The molecule has 0 bridgehead atoms. The lowest BCUT2D eigenvalue weighted by Gasteiger charge is -2.48. The van der Waals surface area contributed by atoms with Crippen LogP contribution in [-0.4, -0.2) is 92.4 Å². The minimum atomic E-state index is -2.06. The van der Waals surface area contributed by atoms with Crippen LogP contribution in [0.4, 0.5) is 0 Å². The number of carbonyl (C=O) groups is 3. The van der Waals surface area contributed by atoms with E-state index in [0.717, 1.165) is 28.6 Å². The van der Waals surface area contributed by atoms with Crippen molar-refractivity contribution in [3.63, 3.8) is 0 Å². The summed E-state index contributed by atoms with van der Waals surface area (Å²) in [4.78, 5) is 51.2. The summed E-state index contributed by atoms with van der Waals surface area (Å²) in [6.07, 6.45) is 6.40. The predicted octanol–water partition coefficient (Wildman–Crippen LogP) is 2.63. The van der Waals surface area contributed by atoms with Crippen LogP contribution in [0.25, 0.3) is 16.5 Å². The van der Waals surface area contributed by atoms with E-state index in [1.807, 2.05) is 49.5 Å². The molecule has 3 N–H and O–H groups in total. The van der Waals surface area contributed by atoms with Crippen LogP contribution >= 0.6 is 0 Å². The van der Waals surface area contributed by atoms with Crippen LogP contribution in [0.15, 0.2) is 60.8 Å². The van der Waals surface area contributed by atoms with Crippen LogP contribution < -0.4 is 5.32 Å². The third-order valence-electron chi connectivity index (χ3n) is 10.8. The van der Waals surface area contributed by atoms with E-state index in [4.69, 9.17) is 4.74 Å². The molecule has 1 aliphatic carbocycles. The fourth-order valence-corrected chi connectivity index (χ4v) is 8.47. The van der Waals surface area contributed by atoms with Crippen LogP contribution in [-0.2, 0) is 32.0 Å². The number of nitrogens with one attached hydrogen (secondary N) is 2. The molecule has 3 fully saturated rings. The first-order valence-electron chi connectivity index (χ1n) is 16.1. The zero-order chi connectivity index (χ0) is 31.2. The summed E-state index contributed by atoms with van der Waals surface area (Å²) in [6.45, 7) is 4.56. The second kappa shape index (κ2) is 10.0. The number of carbonyl (C=O) groups excluding carboxylic acids is 3. The molecule has 4 aliphatic heterocycles. The van der Waals surface area contributed by atoms with E-state index < -0.39 is 41.5 Å². The highest BCUT2D eigenvalue weighted by atomic mass is 16.7. The average molecular weight is 610 g/mol. The Morgan fingerprint density at radius 2 is 1.96 bits per heavy atom. The van der Waals surface area contributed by atoms with Gasteiger partial charge in [0, 0.05) is 48.6 Å². The summed E-state index contributed by atoms with van der Waals surface area (Å²) in [7, 11) is 2.03. The topological polar surface area (TPSA) is 118 Å². The van der Waals surface area contributed by atoms with Gasteiger partial charge in [0.05, 0.1) is 5.92 Å². The molecule has 1 unspecified atom stereocenters. The number of hydrogen-bond donors (Lipinski definition) is 3. The van der Waals surface area contributed by atoms with Gasteiger partial charge in [0.2, 0.25) is 17.5 Å². The van der Waals surface area contributed by atoms with E-state index >= 15 is 0 Å². The third kappa shape index (κ3) is 4.01. The number of nitrogens with zero attached hydrogens (tertiary/aromatic N) is 3. The van der Waals surface area contributed by atoms with Crippen molar-refractivity contribution in [3.8, 4) is 0 Å². The van der Waals surface area contributed by atoms with E-state index in [2.05, 4.69) is 33.5 Å². The fourth-order valence-electron chi connectivity index (χ4n) is 8.47. The van der Waals surface area contributed by atoms with Crippen molar-refractivity contribution in [2.24, 2.45) is 11.8 Å². The van der Waals surface area contributed by atoms with E-state index in [9.17, 15) is 19.5 Å². The minimum absolute atomic E-state index is 0.138. The molecular formula is C35H39N5O5. The van der Waals surface area contributed by atoms with Crippen LogP contribution in [0.2, 0.25) is 0 Å². The Bertz CT molecular complexity index is 1750. The lowest BCUT2D eigenvalue weighted by Crippen LogP contribution is -2.71. The Hall–Kier alpha value is -3.99. The van der Waals surface area contributed by atoms with Crippen LogP contribution in [0.1, 0.15) is 43.4 Å². The van der Waals surface area contributed by atoms with Gasteiger partial charge in [0.1, 0.15) is 12.1 Å². The summed E-state index contributed by atoms with van der Waals surface area (Å²) in [6, 6.07) is 14.2. The summed E-state index contributed by atoms with van der Waals surface area (Å²) >= 11 is 0. The molecule has 0 radical (unpaired) electrons. The van der Waals surface area contributed by atoms with Gasteiger partial charge < -0.3 is 20.3 Å². The molecule has 10 nitrogen and oxygen atoms in total. The van der Waals surface area contributed by atoms with Crippen LogP contribution in [0, 0.1) is 11.8 Å². The van der Waals surface area contributed by atoms with Gasteiger partial charge in [-0.3, -0.25) is 28.9 Å². The van der Waals surface area contributed by atoms with E-state index in [0.29, 0.717) is 25.9 Å². The van der Waals surface area contributed by atoms with Gasteiger partial charge in [0.25, 0.3) is 11.8 Å². The van der Waals surface area contributed by atoms with Crippen LogP contribution in [0.5, 0.6) is 0 Å². The van der Waals surface area contributed by atoms with Gasteiger partial charge in [0.15, 0.2) is 0 Å². The van der Waals surface area contributed by atoms with Crippen LogP contribution in [0.3, 0.4) is 0 Å². The largest absolute Gasteiger partial charge is 0.361 e. The number of amides is 3. The molecule has 6 atom stereocenters. The summed E-state index contributed by atoms with van der Waals surface area (Å²) < 4.78 is 6.49. The number of fused-ring (bicyclic) bond motifs is 5. The highest BCUT2D eigenvalue weighted by Gasteiger charge is 2.72. The SMILES string of the molecule is CC(C)[C@]1(NC(=O)[C@@H]2C=C3c4cccc5[nH]cc(c45)C[C@H]3N(C)C2)O[C@@]2(O)C3CCCN3C(=O)[C@H](Cc3ccccc3)N2C1=O. The third-order valence-corrected chi connectivity index (χ3v) is 10.8. The molecule has 234 valence electrons. The molecule has 3 amide bonds. The number of aromatic nitrogens is 1. The monoisotopic (exact) mass is 609 g/mol. The summed E-state index contributed by atoms with van der Waals surface area (Å²) in [5.41, 5.74) is 3.59. The molecule has 45 heavy (non-hydrogen) atoms. The Morgan fingerprint density at radius 1 is 1.16 bits per heavy atom. The summed E-state index contributed by atoms with van der Waals surface area (Å²) in [5, 5.41) is 16.5. The number of hydrogen-bond acceptors (Lipinski definition) is 6. The van der Waals surface area contributed by atoms with Crippen molar-refractivity contribution < 1.29 is 24.2 Å². The van der Waals surface area contributed by atoms with Crippen molar-refractivity contribution in [1.82, 2.24) is 25.0 Å². The summed E-state index contributed by atoms with van der Waals surface area (Å²) in [5.74, 6) is -4.27. The van der Waals surface area contributed by atoms with Gasteiger partial charge >= 0.3 is 0 Å². The Labute approximate surface area is 262 Å². The maximum Gasteiger partial charge on any atom is 0.281 e. The maximum atomic E-state index is 14.6. The van der Waals surface area contributed by atoms with E-state index in [1.165, 1.54) is 15.8 Å². The van der Waals surface area contributed by atoms with Crippen molar-refractivity contribution in [3.05, 3.63) is 77.5 Å². The Morgan fingerprint density at radius 3 is 2.73 bits per heavy atom. The number of H-pyrrole nitrogens is 1. The molecular weight excluding hydrogens is 570 g/mol. The first-order chi connectivity index (χ1) is 21.6. The molecule has 1 aromatic heterocycles. The number of ether oxygens (including phenoxy) is 1. The van der Waals surface area contributed by atoms with Gasteiger partial charge in [-0.25, -0.2) is 0 Å². The fraction of sp³-hybridized carbons (Fsp3) is 0.457. The smallest absolute Gasteiger partial charge is 0.281 e. The normalized spacial score (nSPS) is 32.5. The number of rotatable bonds is 5. The number of benzene rings is 2. The highest BCUT2D eigenvalue weighted by Crippen LogP contribution is 2.48. The molecule has 5 heterocycles. The number of piperazine rings is 1. The van der Waals surface area contributed by atoms with Crippen molar-refractivity contribution >= 4 is 34.2 Å². The number of aromatic amines is 1. The molecule has 8 rings (SSSR count). The van der Waals surface area contributed by atoms with Crippen molar-refractivity contribution in [1.29, 1.82) is 0 Å². The Balaban J connectivity index is 1.15. The highest BCUT2D eigenvalue weighted by molar-refractivity contribution is 6.01. The molecule has 5 aliphatic rings. The first kappa shape index (κ1) is 28.5. The van der Waals surface area contributed by atoms with E-state index in [-0.39, 0.29) is 24.3 Å². The number of aliphatic hydroxyl groups is 1. The zero-order valence-electron chi connectivity index (χ0n) is 25.8. The quantitative estimate of drug-likeness (QED) is 0.410.